The Morgan fingerprint density at radius 1 is 1.40 bits per heavy atom. The Kier molecular flexibility index (Phi) is 5.09. The molecule has 1 aliphatic heterocycles. The van der Waals surface area contributed by atoms with Gasteiger partial charge in [0.05, 0.1) is 10.7 Å². The second-order valence-corrected chi connectivity index (χ2v) is 5.49. The Morgan fingerprint density at radius 2 is 2.15 bits per heavy atom. The minimum absolute atomic E-state index is 0.0579. The molecule has 1 aromatic rings. The van der Waals surface area contributed by atoms with E-state index in [-0.39, 0.29) is 21.3 Å². The van der Waals surface area contributed by atoms with Crippen molar-refractivity contribution in [3.05, 3.63) is 28.5 Å². The monoisotopic (exact) mass is 333 g/mol. The van der Waals surface area contributed by atoms with Gasteiger partial charge in [0.2, 0.25) is 0 Å². The van der Waals surface area contributed by atoms with Gasteiger partial charge in [0.15, 0.2) is 10.2 Å². The number of hydrogen-bond acceptors (Lipinski definition) is 3. The Balaban J connectivity index is 2.18. The zero-order valence-electron chi connectivity index (χ0n) is 10.4. The van der Waals surface area contributed by atoms with Gasteiger partial charge < -0.3 is 10.4 Å². The third kappa shape index (κ3) is 3.54. The number of aliphatic hydroxyl groups is 1. The van der Waals surface area contributed by atoms with Crippen molar-refractivity contribution in [1.82, 2.24) is 10.4 Å². The minimum atomic E-state index is -0.561. The summed E-state index contributed by atoms with van der Waals surface area (Å²) < 4.78 is 13.9. The van der Waals surface area contributed by atoms with Gasteiger partial charge in [0.25, 0.3) is 0 Å². The van der Waals surface area contributed by atoms with E-state index in [1.807, 2.05) is 0 Å². The van der Waals surface area contributed by atoms with E-state index in [0.717, 1.165) is 32.0 Å². The molecule has 0 amide bonds. The van der Waals surface area contributed by atoms with E-state index < -0.39 is 5.82 Å². The SMILES string of the molecule is OC(=S)c1cc(NC(=S)N2CCCCN2)c(F)cc1Cl. The Bertz CT molecular complexity index is 550. The largest absolute Gasteiger partial charge is 0.498 e. The number of aliphatic hydroxyl groups excluding tert-OH is 1. The van der Waals surface area contributed by atoms with E-state index in [0.29, 0.717) is 5.11 Å². The van der Waals surface area contributed by atoms with E-state index >= 15 is 0 Å². The quantitative estimate of drug-likeness (QED) is 0.723. The van der Waals surface area contributed by atoms with Crippen molar-refractivity contribution in [3.8, 4) is 0 Å². The van der Waals surface area contributed by atoms with Gasteiger partial charge in [-0.2, -0.15) is 0 Å². The predicted molar refractivity (Wildman–Crippen MR) is 85.9 cm³/mol. The lowest BCUT2D eigenvalue weighted by molar-refractivity contribution is 0.261. The van der Waals surface area contributed by atoms with Crippen LogP contribution in [0.15, 0.2) is 12.1 Å². The molecule has 0 aromatic heterocycles. The lowest BCUT2D eigenvalue weighted by Crippen LogP contribution is -2.48. The average molecular weight is 334 g/mol. The molecule has 1 heterocycles. The van der Waals surface area contributed by atoms with Gasteiger partial charge >= 0.3 is 0 Å². The van der Waals surface area contributed by atoms with Crippen molar-refractivity contribution in [2.24, 2.45) is 0 Å². The number of rotatable bonds is 2. The molecule has 108 valence electrons. The molecule has 0 radical (unpaired) electrons. The van der Waals surface area contributed by atoms with E-state index in [9.17, 15) is 9.50 Å². The maximum absolute atomic E-state index is 13.9. The van der Waals surface area contributed by atoms with Crippen molar-refractivity contribution < 1.29 is 9.50 Å². The first-order chi connectivity index (χ1) is 9.49. The third-order valence-corrected chi connectivity index (χ3v) is 3.74. The summed E-state index contributed by atoms with van der Waals surface area (Å²) >= 11 is 15.7. The fourth-order valence-electron chi connectivity index (χ4n) is 1.85. The van der Waals surface area contributed by atoms with Crippen molar-refractivity contribution in [2.75, 3.05) is 18.4 Å². The van der Waals surface area contributed by atoms with Crippen LogP contribution in [0, 0.1) is 5.82 Å². The van der Waals surface area contributed by atoms with Gasteiger partial charge in [0.1, 0.15) is 5.82 Å². The molecule has 0 unspecified atom stereocenters. The fraction of sp³-hybridized carbons (Fsp3) is 0.333. The number of hydrazine groups is 1. The minimum Gasteiger partial charge on any atom is -0.498 e. The third-order valence-electron chi connectivity index (χ3n) is 2.89. The Labute approximate surface area is 131 Å². The van der Waals surface area contributed by atoms with Gasteiger partial charge in [-0.1, -0.05) is 11.6 Å². The molecule has 0 saturated carbocycles. The summed E-state index contributed by atoms with van der Waals surface area (Å²) in [5.74, 6) is -0.561. The lowest BCUT2D eigenvalue weighted by atomic mass is 10.2. The molecule has 0 spiro atoms. The number of nitrogens with one attached hydrogen (secondary N) is 2. The van der Waals surface area contributed by atoms with Gasteiger partial charge in [-0.15, -0.1) is 0 Å². The van der Waals surface area contributed by atoms with E-state index in [1.54, 1.807) is 5.01 Å². The van der Waals surface area contributed by atoms with Crippen LogP contribution in [0.5, 0.6) is 0 Å². The molecule has 0 bridgehead atoms. The highest BCUT2D eigenvalue weighted by molar-refractivity contribution is 7.80. The average Bonchev–Trinajstić information content (AvgIpc) is 2.42. The summed E-state index contributed by atoms with van der Waals surface area (Å²) in [7, 11) is 0. The normalized spacial score (nSPS) is 15.0. The summed E-state index contributed by atoms with van der Waals surface area (Å²) in [4.78, 5) is 0. The number of benzene rings is 1. The molecular weight excluding hydrogens is 321 g/mol. The molecule has 1 aliphatic rings. The molecule has 20 heavy (non-hydrogen) atoms. The molecule has 8 heteroatoms. The highest BCUT2D eigenvalue weighted by Gasteiger charge is 2.16. The Hall–Kier alpha value is -1.02. The number of nitrogens with zero attached hydrogens (tertiary/aromatic N) is 1. The van der Waals surface area contributed by atoms with Crippen molar-refractivity contribution in [3.63, 3.8) is 0 Å². The van der Waals surface area contributed by atoms with Gasteiger partial charge in [-0.25, -0.2) is 9.82 Å². The lowest BCUT2D eigenvalue weighted by Gasteiger charge is -2.30. The zero-order chi connectivity index (χ0) is 14.7. The topological polar surface area (TPSA) is 47.5 Å². The molecule has 1 fully saturated rings. The second-order valence-electron chi connectivity index (χ2n) is 4.31. The van der Waals surface area contributed by atoms with Gasteiger partial charge in [-0.3, -0.25) is 5.01 Å². The summed E-state index contributed by atoms with van der Waals surface area (Å²) in [5, 5.41) is 13.9. The van der Waals surface area contributed by atoms with Crippen LogP contribution >= 0.6 is 36.0 Å². The summed E-state index contributed by atoms with van der Waals surface area (Å²) in [6, 6.07) is 2.43. The molecule has 1 aromatic carbocycles. The summed E-state index contributed by atoms with van der Waals surface area (Å²) in [6.45, 7) is 1.59. The van der Waals surface area contributed by atoms with Crippen LogP contribution in [0.1, 0.15) is 18.4 Å². The smallest absolute Gasteiger partial charge is 0.190 e. The first kappa shape index (κ1) is 15.4. The van der Waals surface area contributed by atoms with E-state index in [4.69, 9.17) is 23.8 Å². The number of halogens is 2. The summed E-state index contributed by atoms with van der Waals surface area (Å²) in [5.41, 5.74) is 3.43. The van der Waals surface area contributed by atoms with Crippen molar-refractivity contribution in [2.45, 2.75) is 12.8 Å². The molecule has 0 aliphatic carbocycles. The highest BCUT2D eigenvalue weighted by atomic mass is 35.5. The Morgan fingerprint density at radius 3 is 2.75 bits per heavy atom. The second kappa shape index (κ2) is 6.62. The zero-order valence-corrected chi connectivity index (χ0v) is 12.8. The standard InChI is InChI=1S/C12H13ClFN3OS2/c13-8-6-9(14)10(5-7(8)11(18)19)16-12(20)17-4-2-1-3-15-17/h5-6,15H,1-4H2,(H,16,20)(H,18,19). The molecule has 1 saturated heterocycles. The first-order valence-electron chi connectivity index (χ1n) is 6.03. The van der Waals surface area contributed by atoms with Gasteiger partial charge in [-0.05, 0) is 49.4 Å². The molecule has 3 N–H and O–H groups in total. The first-order valence-corrected chi connectivity index (χ1v) is 7.23. The predicted octanol–water partition coefficient (Wildman–Crippen LogP) is 3.01. The van der Waals surface area contributed by atoms with Crippen LogP contribution < -0.4 is 10.7 Å². The van der Waals surface area contributed by atoms with E-state index in [2.05, 4.69) is 23.0 Å². The fourth-order valence-corrected chi connectivity index (χ4v) is 2.58. The van der Waals surface area contributed by atoms with Gasteiger partial charge in [0, 0.05) is 18.7 Å². The van der Waals surface area contributed by atoms with Crippen molar-refractivity contribution >= 4 is 51.9 Å². The molecule has 0 atom stereocenters. The van der Waals surface area contributed by atoms with Crippen molar-refractivity contribution in [1.29, 1.82) is 0 Å². The maximum atomic E-state index is 13.9. The molecular formula is C12H13ClFN3OS2. The number of thiocarbonyl (C=S) groups is 2. The van der Waals surface area contributed by atoms with Crippen LogP contribution in [0.25, 0.3) is 0 Å². The van der Waals surface area contributed by atoms with Crippen LogP contribution in [0.2, 0.25) is 5.02 Å². The number of hydrogen-bond donors (Lipinski definition) is 3. The van der Waals surface area contributed by atoms with Crippen LogP contribution in [0.3, 0.4) is 0 Å². The maximum Gasteiger partial charge on any atom is 0.190 e. The van der Waals surface area contributed by atoms with Crippen LogP contribution in [-0.2, 0) is 0 Å². The highest BCUT2D eigenvalue weighted by Crippen LogP contribution is 2.25. The summed E-state index contributed by atoms with van der Waals surface area (Å²) in [6.07, 6.45) is 2.10. The van der Waals surface area contributed by atoms with Crippen LogP contribution in [-0.4, -0.2) is 33.4 Å². The van der Waals surface area contributed by atoms with E-state index in [1.165, 1.54) is 6.07 Å². The molecule has 4 nitrogen and oxygen atoms in total. The van der Waals surface area contributed by atoms with Crippen LogP contribution in [0.4, 0.5) is 10.1 Å². The molecule has 2 rings (SSSR count). The number of anilines is 1.